The fourth-order valence-electron chi connectivity index (χ4n) is 6.24. The van der Waals surface area contributed by atoms with Gasteiger partial charge in [-0.05, 0) is 70.0 Å². The van der Waals surface area contributed by atoms with Crippen molar-refractivity contribution in [2.45, 2.75) is 63.7 Å². The Kier molecular flexibility index (Phi) is 9.61. The SMILES string of the molecule is CC(C)(C)OC(=O)N1CCN(c2ccc(-n3cc(-c4cc(F)cc(NS(=O)(=O)C5CCCCC5)c4F)c(-c4ccncc4)n3)c(F)c2)CC1. The van der Waals surface area contributed by atoms with Gasteiger partial charge in [0.2, 0.25) is 10.0 Å². The summed E-state index contributed by atoms with van der Waals surface area (Å²) in [6.45, 7) is 7.19. The number of sulfonamides is 1. The predicted octanol–water partition coefficient (Wildman–Crippen LogP) is 7.15. The standard InChI is InChI=1S/C35H39F3N6O4S/c1-35(2,3)48-34(45)43-17-15-42(16-18-43)25-9-10-31(29(37)21-25)44-22-28(33(40-44)23-11-13-39-14-12-23)27-19-24(36)20-30(32(27)38)41-49(46,47)26-7-5-4-6-8-26/h9-14,19-22,26,41H,4-8,15-18H2,1-3H3. The van der Waals surface area contributed by atoms with E-state index in [0.29, 0.717) is 50.3 Å². The van der Waals surface area contributed by atoms with Crippen molar-refractivity contribution in [2.24, 2.45) is 0 Å². The first kappa shape index (κ1) is 34.3. The number of carbonyl (C=O) groups is 1. The van der Waals surface area contributed by atoms with E-state index < -0.39 is 50.1 Å². The summed E-state index contributed by atoms with van der Waals surface area (Å²) in [5.74, 6) is -2.44. The molecule has 0 radical (unpaired) electrons. The molecule has 0 unspecified atom stereocenters. The van der Waals surface area contributed by atoms with Crippen molar-refractivity contribution in [1.29, 1.82) is 0 Å². The van der Waals surface area contributed by atoms with E-state index in [-0.39, 0.29) is 22.5 Å². The maximum absolute atomic E-state index is 16.2. The van der Waals surface area contributed by atoms with Gasteiger partial charge in [-0.15, -0.1) is 0 Å². The van der Waals surface area contributed by atoms with Crippen LogP contribution in [0.2, 0.25) is 0 Å². The molecule has 1 N–H and O–H groups in total. The van der Waals surface area contributed by atoms with E-state index in [1.165, 1.54) is 29.3 Å². The summed E-state index contributed by atoms with van der Waals surface area (Å²) >= 11 is 0. The number of pyridine rings is 1. The highest BCUT2D eigenvalue weighted by Gasteiger charge is 2.30. The van der Waals surface area contributed by atoms with Crippen molar-refractivity contribution < 1.29 is 31.1 Å². The molecular weight excluding hydrogens is 657 g/mol. The Labute approximate surface area is 283 Å². The lowest BCUT2D eigenvalue weighted by molar-refractivity contribution is 0.0240. The number of nitrogens with one attached hydrogen (secondary N) is 1. The molecule has 4 aromatic rings. The average Bonchev–Trinajstić information content (AvgIpc) is 3.51. The van der Waals surface area contributed by atoms with Crippen LogP contribution in [0.5, 0.6) is 0 Å². The van der Waals surface area contributed by atoms with Gasteiger partial charge < -0.3 is 14.5 Å². The second kappa shape index (κ2) is 13.7. The van der Waals surface area contributed by atoms with Crippen LogP contribution >= 0.6 is 0 Å². The molecular formula is C35H39F3N6O4S. The molecule has 0 atom stereocenters. The Balaban J connectivity index is 1.31. The minimum absolute atomic E-state index is 0.0627. The Morgan fingerprint density at radius 3 is 2.27 bits per heavy atom. The number of piperazine rings is 1. The molecule has 10 nitrogen and oxygen atoms in total. The number of hydrogen-bond acceptors (Lipinski definition) is 7. The summed E-state index contributed by atoms with van der Waals surface area (Å²) in [5.41, 5.74) is 0.182. The second-order valence-corrected chi connectivity index (χ2v) is 15.3. The molecule has 3 heterocycles. The van der Waals surface area contributed by atoms with Crippen LogP contribution in [-0.2, 0) is 14.8 Å². The summed E-state index contributed by atoms with van der Waals surface area (Å²) in [7, 11) is -3.97. The number of hydrogen-bond donors (Lipinski definition) is 1. The van der Waals surface area contributed by atoms with Crippen molar-refractivity contribution in [1.82, 2.24) is 19.7 Å². The number of ether oxygens (including phenoxy) is 1. The van der Waals surface area contributed by atoms with E-state index in [1.807, 2.05) is 25.7 Å². The van der Waals surface area contributed by atoms with Crippen molar-refractivity contribution in [3.8, 4) is 28.1 Å². The Morgan fingerprint density at radius 2 is 1.61 bits per heavy atom. The van der Waals surface area contributed by atoms with E-state index in [9.17, 15) is 13.2 Å². The minimum atomic E-state index is -3.97. The molecule has 49 heavy (non-hydrogen) atoms. The normalized spacial score (nSPS) is 16.1. The number of amides is 1. The molecule has 6 rings (SSSR count). The van der Waals surface area contributed by atoms with Crippen LogP contribution in [0.3, 0.4) is 0 Å². The van der Waals surface area contributed by atoms with Gasteiger partial charge in [-0.25, -0.2) is 31.1 Å². The quantitative estimate of drug-likeness (QED) is 0.219. The summed E-state index contributed by atoms with van der Waals surface area (Å²) in [6.07, 6.45) is 7.36. The molecule has 1 saturated carbocycles. The highest BCUT2D eigenvalue weighted by molar-refractivity contribution is 7.93. The molecule has 1 saturated heterocycles. The van der Waals surface area contributed by atoms with Crippen LogP contribution in [-0.4, -0.2) is 71.2 Å². The van der Waals surface area contributed by atoms with E-state index in [1.54, 1.807) is 29.2 Å². The number of anilines is 2. The third-order valence-corrected chi connectivity index (χ3v) is 10.6. The average molecular weight is 697 g/mol. The van der Waals surface area contributed by atoms with E-state index in [0.717, 1.165) is 31.4 Å². The maximum Gasteiger partial charge on any atom is 0.410 e. The third-order valence-electron chi connectivity index (χ3n) is 8.71. The fraction of sp³-hybridized carbons (Fsp3) is 0.400. The second-order valence-electron chi connectivity index (χ2n) is 13.4. The van der Waals surface area contributed by atoms with Gasteiger partial charge in [0.15, 0.2) is 11.6 Å². The summed E-state index contributed by atoms with van der Waals surface area (Å²) in [5, 5.41) is 3.89. The first-order valence-corrected chi connectivity index (χ1v) is 17.9. The Bertz CT molecular complexity index is 1930. The summed E-state index contributed by atoms with van der Waals surface area (Å²) in [4.78, 5) is 20.1. The lowest BCUT2D eigenvalue weighted by Gasteiger charge is -2.36. The van der Waals surface area contributed by atoms with E-state index >= 15 is 13.2 Å². The highest BCUT2D eigenvalue weighted by Crippen LogP contribution is 2.38. The zero-order valence-corrected chi connectivity index (χ0v) is 28.4. The Morgan fingerprint density at radius 1 is 0.918 bits per heavy atom. The molecule has 1 aliphatic heterocycles. The Hall–Kier alpha value is -4.59. The zero-order valence-electron chi connectivity index (χ0n) is 27.6. The predicted molar refractivity (Wildman–Crippen MR) is 182 cm³/mol. The van der Waals surface area contributed by atoms with E-state index in [4.69, 9.17) is 4.74 Å². The summed E-state index contributed by atoms with van der Waals surface area (Å²) < 4.78 is 82.3. The first-order valence-electron chi connectivity index (χ1n) is 16.3. The minimum Gasteiger partial charge on any atom is -0.444 e. The molecule has 2 fully saturated rings. The van der Waals surface area contributed by atoms with Crippen LogP contribution in [0, 0.1) is 17.5 Å². The van der Waals surface area contributed by atoms with Crippen LogP contribution in [0.1, 0.15) is 52.9 Å². The lowest BCUT2D eigenvalue weighted by atomic mass is 10.0. The highest BCUT2D eigenvalue weighted by atomic mass is 32.2. The first-order chi connectivity index (χ1) is 23.3. The van der Waals surface area contributed by atoms with Gasteiger partial charge in [0.05, 0.1) is 10.9 Å². The lowest BCUT2D eigenvalue weighted by Crippen LogP contribution is -2.50. The number of halogens is 3. The molecule has 2 aromatic heterocycles. The van der Waals surface area contributed by atoms with Gasteiger partial charge in [0.25, 0.3) is 0 Å². The molecule has 14 heteroatoms. The summed E-state index contributed by atoms with van der Waals surface area (Å²) in [6, 6.07) is 9.71. The van der Waals surface area contributed by atoms with E-state index in [2.05, 4.69) is 14.8 Å². The topological polar surface area (TPSA) is 110 Å². The van der Waals surface area contributed by atoms with Crippen molar-refractivity contribution in [3.05, 3.63) is 78.5 Å². The largest absolute Gasteiger partial charge is 0.444 e. The number of rotatable bonds is 7. The molecule has 1 aliphatic carbocycles. The molecule has 2 aromatic carbocycles. The van der Waals surface area contributed by atoms with Crippen LogP contribution in [0.4, 0.5) is 29.3 Å². The van der Waals surface area contributed by atoms with Crippen LogP contribution < -0.4 is 9.62 Å². The van der Waals surface area contributed by atoms with Crippen molar-refractivity contribution in [3.63, 3.8) is 0 Å². The number of carbonyl (C=O) groups excluding carboxylic acids is 1. The van der Waals surface area contributed by atoms with Crippen LogP contribution in [0.15, 0.2) is 61.1 Å². The van der Waals surface area contributed by atoms with Crippen molar-refractivity contribution >= 4 is 27.5 Å². The van der Waals surface area contributed by atoms with Gasteiger partial charge in [0, 0.05) is 73.2 Å². The smallest absolute Gasteiger partial charge is 0.410 e. The van der Waals surface area contributed by atoms with Gasteiger partial charge >= 0.3 is 6.09 Å². The van der Waals surface area contributed by atoms with Gasteiger partial charge in [0.1, 0.15) is 22.8 Å². The molecule has 260 valence electrons. The van der Waals surface area contributed by atoms with Gasteiger partial charge in [-0.1, -0.05) is 19.3 Å². The van der Waals surface area contributed by atoms with Crippen LogP contribution in [0.25, 0.3) is 28.1 Å². The number of nitrogens with zero attached hydrogens (tertiary/aromatic N) is 5. The maximum atomic E-state index is 16.2. The molecule has 1 amide bonds. The van der Waals surface area contributed by atoms with Crippen molar-refractivity contribution in [2.75, 3.05) is 35.8 Å². The number of benzene rings is 2. The third kappa shape index (κ3) is 7.69. The molecule has 0 bridgehead atoms. The molecule has 0 spiro atoms. The van der Waals surface area contributed by atoms with Gasteiger partial charge in [-0.3, -0.25) is 9.71 Å². The van der Waals surface area contributed by atoms with Gasteiger partial charge in [-0.2, -0.15) is 5.10 Å². The zero-order chi connectivity index (χ0) is 34.9. The molecule has 2 aliphatic rings. The fourth-order valence-corrected chi connectivity index (χ4v) is 7.82. The number of aromatic nitrogens is 3. The monoisotopic (exact) mass is 696 g/mol.